The van der Waals surface area contributed by atoms with E-state index in [2.05, 4.69) is 0 Å². The van der Waals surface area contributed by atoms with Crippen molar-refractivity contribution in [1.29, 1.82) is 0 Å². The third-order valence-electron chi connectivity index (χ3n) is 6.22. The second-order valence-electron chi connectivity index (χ2n) is 8.69. The first kappa shape index (κ1) is 23.6. The van der Waals surface area contributed by atoms with Gasteiger partial charge in [0, 0.05) is 11.6 Å². The minimum absolute atomic E-state index is 0.118. The van der Waals surface area contributed by atoms with Crippen molar-refractivity contribution in [2.75, 3.05) is 18.0 Å². The molecule has 0 fully saturated rings. The van der Waals surface area contributed by atoms with Gasteiger partial charge in [-0.15, -0.1) is 0 Å². The maximum Gasteiger partial charge on any atom is 0.340 e. The molecule has 0 radical (unpaired) electrons. The Morgan fingerprint density at radius 2 is 1.67 bits per heavy atom. The van der Waals surface area contributed by atoms with E-state index >= 15 is 0 Å². The second-order valence-corrected chi connectivity index (χ2v) is 10.5. The van der Waals surface area contributed by atoms with Crippen LogP contribution < -0.4 is 9.04 Å². The normalized spacial score (nSPS) is 15.3. The number of methoxy groups -OCH3 is 1. The highest BCUT2D eigenvalue weighted by atomic mass is 32.2. The van der Waals surface area contributed by atoms with Crippen LogP contribution in [0.3, 0.4) is 0 Å². The monoisotopic (exact) mass is 504 g/mol. The first-order chi connectivity index (χ1) is 17.2. The maximum absolute atomic E-state index is 13.8. The first-order valence-electron chi connectivity index (χ1n) is 11.3. The molecule has 0 spiro atoms. The lowest BCUT2D eigenvalue weighted by atomic mass is 10.1. The van der Waals surface area contributed by atoms with E-state index in [4.69, 9.17) is 9.47 Å². The fraction of sp³-hybridized carbons (Fsp3) is 0.185. The van der Waals surface area contributed by atoms with Crippen LogP contribution in [0.1, 0.15) is 26.3 Å². The van der Waals surface area contributed by atoms with Crippen LogP contribution in [0.15, 0.2) is 77.8 Å². The standard InChI is InChI=1S/C27H24N2O6S/c1-17-8-11-19(12-9-17)36(32,33)29-16-25(35-24-14-18(2)10-13-23(24)29)26(30)28-15-21(27(31)34-3)20-6-4-5-7-22(20)28/h4-15,25H,16H2,1-3H3/t25-/m0/s1. The summed E-state index contributed by atoms with van der Waals surface area (Å²) >= 11 is 0. The molecule has 0 saturated carbocycles. The summed E-state index contributed by atoms with van der Waals surface area (Å²) in [7, 11) is -2.72. The average molecular weight is 505 g/mol. The predicted molar refractivity (Wildman–Crippen MR) is 135 cm³/mol. The van der Waals surface area contributed by atoms with Gasteiger partial charge < -0.3 is 9.47 Å². The fourth-order valence-corrected chi connectivity index (χ4v) is 5.82. The van der Waals surface area contributed by atoms with E-state index in [1.54, 1.807) is 66.7 Å². The van der Waals surface area contributed by atoms with Gasteiger partial charge in [0.15, 0.2) is 6.10 Å². The Bertz CT molecular complexity index is 1610. The molecular weight excluding hydrogens is 480 g/mol. The number of benzene rings is 3. The molecule has 2 heterocycles. The van der Waals surface area contributed by atoms with Crippen LogP contribution in [0.2, 0.25) is 0 Å². The molecule has 3 aromatic carbocycles. The lowest BCUT2D eigenvalue weighted by molar-refractivity contribution is 0.0602. The zero-order valence-electron chi connectivity index (χ0n) is 20.0. The van der Waals surface area contributed by atoms with Crippen molar-refractivity contribution >= 4 is 38.5 Å². The predicted octanol–water partition coefficient (Wildman–Crippen LogP) is 4.34. The maximum atomic E-state index is 13.8. The molecule has 0 aliphatic carbocycles. The summed E-state index contributed by atoms with van der Waals surface area (Å²) in [6.45, 7) is 3.50. The summed E-state index contributed by atoms with van der Waals surface area (Å²) in [4.78, 5) is 26.2. The van der Waals surface area contributed by atoms with Crippen LogP contribution in [-0.2, 0) is 14.8 Å². The van der Waals surface area contributed by atoms with Gasteiger partial charge in [0.25, 0.3) is 15.9 Å². The number of ether oxygens (including phenoxy) is 2. The SMILES string of the molecule is COC(=O)c1cn(C(=O)[C@@H]2CN(S(=O)(=O)c3ccc(C)cc3)c3ccc(C)cc3O2)c2ccccc12. The van der Waals surface area contributed by atoms with Crippen molar-refractivity contribution in [2.24, 2.45) is 0 Å². The van der Waals surface area contributed by atoms with Crippen LogP contribution in [0, 0.1) is 13.8 Å². The summed E-state index contributed by atoms with van der Waals surface area (Å²) in [5, 5.41) is 0.550. The Kier molecular flexibility index (Phi) is 5.80. The molecule has 8 nitrogen and oxygen atoms in total. The number of sulfonamides is 1. The Hall–Kier alpha value is -4.11. The fourth-order valence-electron chi connectivity index (χ4n) is 4.34. The average Bonchev–Trinajstić information content (AvgIpc) is 3.27. The highest BCUT2D eigenvalue weighted by Crippen LogP contribution is 2.38. The Labute approximate surface area is 208 Å². The number of carbonyl (C=O) groups excluding carboxylic acids is 2. The zero-order valence-corrected chi connectivity index (χ0v) is 20.8. The van der Waals surface area contributed by atoms with E-state index in [0.29, 0.717) is 22.3 Å². The van der Waals surface area contributed by atoms with Crippen LogP contribution in [0.5, 0.6) is 5.75 Å². The number of aryl methyl sites for hydroxylation is 2. The number of nitrogens with zero attached hydrogens (tertiary/aromatic N) is 2. The smallest absolute Gasteiger partial charge is 0.340 e. The molecule has 0 amide bonds. The minimum Gasteiger partial charge on any atom is -0.476 e. The largest absolute Gasteiger partial charge is 0.476 e. The quantitative estimate of drug-likeness (QED) is 0.384. The molecule has 1 aliphatic rings. The Balaban J connectivity index is 1.60. The topological polar surface area (TPSA) is 94.9 Å². The lowest BCUT2D eigenvalue weighted by Crippen LogP contribution is -2.48. The molecule has 9 heteroatoms. The third-order valence-corrected chi connectivity index (χ3v) is 8.02. The summed E-state index contributed by atoms with van der Waals surface area (Å²) in [6.07, 6.45) is 0.257. The van der Waals surface area contributed by atoms with Crippen LogP contribution in [-0.4, -0.2) is 44.6 Å². The number of hydrogen-bond acceptors (Lipinski definition) is 6. The lowest BCUT2D eigenvalue weighted by Gasteiger charge is -2.35. The highest BCUT2D eigenvalue weighted by Gasteiger charge is 2.38. The van der Waals surface area contributed by atoms with Gasteiger partial charge in [-0.05, 0) is 49.7 Å². The number of hydrogen-bond donors (Lipinski definition) is 0. The number of carbonyl (C=O) groups is 2. The van der Waals surface area contributed by atoms with E-state index in [-0.39, 0.29) is 17.0 Å². The van der Waals surface area contributed by atoms with Crippen molar-refractivity contribution in [1.82, 2.24) is 4.57 Å². The summed E-state index contributed by atoms with van der Waals surface area (Å²) in [5.41, 5.74) is 2.87. The molecular formula is C27H24N2O6S. The van der Waals surface area contributed by atoms with Crippen molar-refractivity contribution in [2.45, 2.75) is 24.8 Å². The van der Waals surface area contributed by atoms with E-state index < -0.39 is 28.0 Å². The van der Waals surface area contributed by atoms with E-state index in [1.807, 2.05) is 13.8 Å². The molecule has 4 aromatic rings. The molecule has 36 heavy (non-hydrogen) atoms. The number of para-hydroxylation sites is 1. The Morgan fingerprint density at radius 1 is 0.972 bits per heavy atom. The number of rotatable bonds is 4. The molecule has 1 aliphatic heterocycles. The highest BCUT2D eigenvalue weighted by molar-refractivity contribution is 7.92. The molecule has 1 aromatic heterocycles. The van der Waals surface area contributed by atoms with Crippen molar-refractivity contribution in [3.63, 3.8) is 0 Å². The number of esters is 1. The molecule has 1 atom stereocenters. The van der Waals surface area contributed by atoms with Gasteiger partial charge in [-0.2, -0.15) is 0 Å². The Morgan fingerprint density at radius 3 is 2.39 bits per heavy atom. The summed E-state index contributed by atoms with van der Waals surface area (Å²) < 4.78 is 40.9. The van der Waals surface area contributed by atoms with Gasteiger partial charge in [0.1, 0.15) is 5.75 Å². The number of aromatic nitrogens is 1. The van der Waals surface area contributed by atoms with Crippen molar-refractivity contribution in [3.8, 4) is 5.75 Å². The van der Waals surface area contributed by atoms with Gasteiger partial charge in [-0.3, -0.25) is 13.7 Å². The molecule has 0 saturated heterocycles. The number of fused-ring (bicyclic) bond motifs is 2. The summed E-state index contributed by atoms with van der Waals surface area (Å²) in [5.74, 6) is -0.788. The molecule has 184 valence electrons. The molecule has 0 N–H and O–H groups in total. The van der Waals surface area contributed by atoms with Gasteiger partial charge in [-0.25, -0.2) is 13.2 Å². The molecule has 0 bridgehead atoms. The third kappa shape index (κ3) is 3.91. The van der Waals surface area contributed by atoms with Gasteiger partial charge in [-0.1, -0.05) is 42.0 Å². The second kappa shape index (κ2) is 8.83. The van der Waals surface area contributed by atoms with Crippen LogP contribution >= 0.6 is 0 Å². The molecule has 0 unspecified atom stereocenters. The first-order valence-corrected chi connectivity index (χ1v) is 12.7. The van der Waals surface area contributed by atoms with Crippen molar-refractivity contribution < 1.29 is 27.5 Å². The number of anilines is 1. The van der Waals surface area contributed by atoms with Gasteiger partial charge in [0.2, 0.25) is 0 Å². The van der Waals surface area contributed by atoms with Gasteiger partial charge >= 0.3 is 5.97 Å². The van der Waals surface area contributed by atoms with Crippen LogP contribution in [0.25, 0.3) is 10.9 Å². The summed E-state index contributed by atoms with van der Waals surface area (Å²) in [6, 6.07) is 18.7. The van der Waals surface area contributed by atoms with E-state index in [9.17, 15) is 18.0 Å². The van der Waals surface area contributed by atoms with Crippen molar-refractivity contribution in [3.05, 3.63) is 89.6 Å². The van der Waals surface area contributed by atoms with Crippen LogP contribution in [0.4, 0.5) is 5.69 Å². The zero-order chi connectivity index (χ0) is 25.6. The van der Waals surface area contributed by atoms with Gasteiger partial charge in [0.05, 0.1) is 35.3 Å². The minimum atomic E-state index is -3.99. The van der Waals surface area contributed by atoms with E-state index in [1.165, 1.54) is 22.2 Å². The molecule has 5 rings (SSSR count). The van der Waals surface area contributed by atoms with E-state index in [0.717, 1.165) is 11.1 Å².